The minimum atomic E-state index is -0.608. The first-order valence-electron chi connectivity index (χ1n) is 8.01. The van der Waals surface area contributed by atoms with Crippen molar-refractivity contribution in [3.8, 4) is 5.75 Å². The van der Waals surface area contributed by atoms with E-state index >= 15 is 0 Å². The molecule has 2 rings (SSSR count). The predicted octanol–water partition coefficient (Wildman–Crippen LogP) is 5.35. The molecule has 1 atom stereocenters. The summed E-state index contributed by atoms with van der Waals surface area (Å²) in [7, 11) is 0. The highest BCUT2D eigenvalue weighted by Crippen LogP contribution is 2.25. The lowest BCUT2D eigenvalue weighted by Crippen LogP contribution is -2.30. The zero-order chi connectivity index (χ0) is 17.9. The van der Waals surface area contributed by atoms with Crippen LogP contribution in [0.1, 0.15) is 38.8 Å². The summed E-state index contributed by atoms with van der Waals surface area (Å²) in [5.41, 5.74) is 2.85. The monoisotopic (exact) mass is 345 g/mol. The average molecular weight is 346 g/mol. The molecule has 128 valence electrons. The highest BCUT2D eigenvalue weighted by molar-refractivity contribution is 6.31. The molecule has 0 saturated carbocycles. The van der Waals surface area contributed by atoms with E-state index in [1.54, 1.807) is 13.0 Å². The lowest BCUT2D eigenvalue weighted by atomic mass is 9.87. The summed E-state index contributed by atoms with van der Waals surface area (Å²) in [4.78, 5) is 12.3. The lowest BCUT2D eigenvalue weighted by molar-refractivity contribution is -0.122. The van der Waals surface area contributed by atoms with E-state index < -0.39 is 6.10 Å². The molecule has 0 aliphatic heterocycles. The van der Waals surface area contributed by atoms with Crippen molar-refractivity contribution in [2.75, 3.05) is 5.32 Å². The second-order valence-electron chi connectivity index (χ2n) is 6.94. The van der Waals surface area contributed by atoms with Crippen LogP contribution in [-0.2, 0) is 10.2 Å². The molecule has 24 heavy (non-hydrogen) atoms. The van der Waals surface area contributed by atoms with Crippen LogP contribution in [0.5, 0.6) is 5.75 Å². The van der Waals surface area contributed by atoms with Gasteiger partial charge >= 0.3 is 0 Å². The van der Waals surface area contributed by atoms with E-state index in [1.807, 2.05) is 43.3 Å². The molecule has 1 N–H and O–H groups in total. The normalized spacial score (nSPS) is 12.6. The molecule has 3 nitrogen and oxygen atoms in total. The van der Waals surface area contributed by atoms with Gasteiger partial charge in [-0.05, 0) is 54.7 Å². The van der Waals surface area contributed by atoms with Gasteiger partial charge in [-0.1, -0.05) is 50.6 Å². The van der Waals surface area contributed by atoms with Crippen LogP contribution in [-0.4, -0.2) is 12.0 Å². The van der Waals surface area contributed by atoms with Crippen LogP contribution in [0.4, 0.5) is 5.69 Å². The Morgan fingerprint density at radius 1 is 1.12 bits per heavy atom. The van der Waals surface area contributed by atoms with Crippen LogP contribution in [0, 0.1) is 6.92 Å². The van der Waals surface area contributed by atoms with Gasteiger partial charge in [0.2, 0.25) is 0 Å². The van der Waals surface area contributed by atoms with E-state index in [2.05, 4.69) is 26.1 Å². The summed E-state index contributed by atoms with van der Waals surface area (Å²) < 4.78 is 5.74. The second kappa shape index (κ2) is 7.27. The third-order valence-corrected chi connectivity index (χ3v) is 4.34. The van der Waals surface area contributed by atoms with Crippen LogP contribution in [0.25, 0.3) is 0 Å². The Bertz CT molecular complexity index is 717. The molecule has 1 unspecified atom stereocenters. The van der Waals surface area contributed by atoms with Crippen molar-refractivity contribution in [2.45, 2.75) is 46.1 Å². The van der Waals surface area contributed by atoms with Gasteiger partial charge in [0.1, 0.15) is 5.75 Å². The first-order chi connectivity index (χ1) is 11.2. The quantitative estimate of drug-likeness (QED) is 0.810. The van der Waals surface area contributed by atoms with Crippen molar-refractivity contribution in [3.05, 3.63) is 58.6 Å². The number of hydrogen-bond donors (Lipinski definition) is 1. The summed E-state index contributed by atoms with van der Waals surface area (Å²) in [6.07, 6.45) is -0.608. The molecule has 0 heterocycles. The van der Waals surface area contributed by atoms with Gasteiger partial charge in [0.05, 0.1) is 0 Å². The number of rotatable bonds is 4. The number of carbonyl (C=O) groups excluding carboxylic acids is 1. The van der Waals surface area contributed by atoms with Crippen LogP contribution in [0.2, 0.25) is 5.02 Å². The topological polar surface area (TPSA) is 38.3 Å². The van der Waals surface area contributed by atoms with Crippen LogP contribution in [0.15, 0.2) is 42.5 Å². The minimum Gasteiger partial charge on any atom is -0.481 e. The highest BCUT2D eigenvalue weighted by atomic mass is 35.5. The van der Waals surface area contributed by atoms with Gasteiger partial charge in [0, 0.05) is 10.7 Å². The zero-order valence-electron chi connectivity index (χ0n) is 14.8. The van der Waals surface area contributed by atoms with Gasteiger partial charge in [-0.2, -0.15) is 0 Å². The fourth-order valence-electron chi connectivity index (χ4n) is 2.27. The summed E-state index contributed by atoms with van der Waals surface area (Å²) in [5.74, 6) is 0.466. The molecule has 0 saturated heterocycles. The highest BCUT2D eigenvalue weighted by Gasteiger charge is 2.17. The number of hydrogen-bond acceptors (Lipinski definition) is 2. The van der Waals surface area contributed by atoms with Crippen molar-refractivity contribution in [1.29, 1.82) is 0 Å². The van der Waals surface area contributed by atoms with Gasteiger partial charge in [-0.15, -0.1) is 0 Å². The van der Waals surface area contributed by atoms with Gasteiger partial charge < -0.3 is 10.1 Å². The van der Waals surface area contributed by atoms with Crippen molar-refractivity contribution >= 4 is 23.2 Å². The molecule has 0 spiro atoms. The Balaban J connectivity index is 2.02. The van der Waals surface area contributed by atoms with Crippen molar-refractivity contribution in [3.63, 3.8) is 0 Å². The van der Waals surface area contributed by atoms with Gasteiger partial charge in [0.25, 0.3) is 5.91 Å². The number of halogens is 1. The summed E-state index contributed by atoms with van der Waals surface area (Å²) in [5, 5.41) is 3.48. The van der Waals surface area contributed by atoms with E-state index in [-0.39, 0.29) is 11.3 Å². The maximum Gasteiger partial charge on any atom is 0.265 e. The van der Waals surface area contributed by atoms with Gasteiger partial charge in [-0.25, -0.2) is 0 Å². The molecule has 0 fully saturated rings. The van der Waals surface area contributed by atoms with E-state index in [4.69, 9.17) is 16.3 Å². The van der Waals surface area contributed by atoms with Crippen molar-refractivity contribution in [2.24, 2.45) is 0 Å². The fourth-order valence-corrected chi connectivity index (χ4v) is 2.44. The van der Waals surface area contributed by atoms with Crippen LogP contribution >= 0.6 is 11.6 Å². The van der Waals surface area contributed by atoms with E-state index in [9.17, 15) is 4.79 Å². The second-order valence-corrected chi connectivity index (χ2v) is 7.34. The fraction of sp³-hybridized carbons (Fsp3) is 0.350. The van der Waals surface area contributed by atoms with Crippen molar-refractivity contribution < 1.29 is 9.53 Å². The van der Waals surface area contributed by atoms with E-state index in [1.165, 1.54) is 5.56 Å². The number of ether oxygens (including phenoxy) is 1. The summed E-state index contributed by atoms with van der Waals surface area (Å²) in [6.45, 7) is 10.1. The Morgan fingerprint density at radius 3 is 2.33 bits per heavy atom. The standard InChI is InChI=1S/C20H24ClNO2/c1-13-17(21)7-6-8-18(13)22-19(23)14(2)24-16-11-9-15(10-12-16)20(3,4)5/h6-12,14H,1-5H3,(H,22,23). The Kier molecular flexibility index (Phi) is 5.55. The SMILES string of the molecule is Cc1c(Cl)cccc1NC(=O)C(C)Oc1ccc(C(C)(C)C)cc1. The molecule has 0 aliphatic carbocycles. The smallest absolute Gasteiger partial charge is 0.265 e. The molecule has 4 heteroatoms. The average Bonchev–Trinajstić information content (AvgIpc) is 2.51. The van der Waals surface area contributed by atoms with Crippen LogP contribution in [0.3, 0.4) is 0 Å². The largest absolute Gasteiger partial charge is 0.481 e. The number of amides is 1. The van der Waals surface area contributed by atoms with Gasteiger partial charge in [0.15, 0.2) is 6.10 Å². The molecular formula is C20H24ClNO2. The Morgan fingerprint density at radius 2 is 1.75 bits per heavy atom. The first kappa shape index (κ1) is 18.3. The molecule has 1 amide bonds. The lowest BCUT2D eigenvalue weighted by Gasteiger charge is -2.20. The molecule has 2 aromatic rings. The molecule has 0 bridgehead atoms. The minimum absolute atomic E-state index is 0.0889. The number of nitrogens with one attached hydrogen (secondary N) is 1. The van der Waals surface area contributed by atoms with E-state index in [0.717, 1.165) is 5.56 Å². The Labute approximate surface area is 149 Å². The Hall–Kier alpha value is -2.00. The number of carbonyl (C=O) groups is 1. The van der Waals surface area contributed by atoms with Crippen LogP contribution < -0.4 is 10.1 Å². The maximum atomic E-state index is 12.3. The third-order valence-electron chi connectivity index (χ3n) is 3.93. The number of anilines is 1. The molecule has 2 aromatic carbocycles. The maximum absolute atomic E-state index is 12.3. The summed E-state index contributed by atoms with van der Waals surface area (Å²) >= 11 is 6.08. The van der Waals surface area contributed by atoms with Crippen molar-refractivity contribution in [1.82, 2.24) is 0 Å². The van der Waals surface area contributed by atoms with Gasteiger partial charge in [-0.3, -0.25) is 4.79 Å². The number of benzene rings is 2. The van der Waals surface area contributed by atoms with E-state index in [0.29, 0.717) is 16.5 Å². The summed E-state index contributed by atoms with van der Waals surface area (Å²) in [6, 6.07) is 13.3. The predicted molar refractivity (Wildman–Crippen MR) is 100 cm³/mol. The molecule has 0 radical (unpaired) electrons. The zero-order valence-corrected chi connectivity index (χ0v) is 15.6. The molecule has 0 aromatic heterocycles. The third kappa shape index (κ3) is 4.51. The first-order valence-corrected chi connectivity index (χ1v) is 8.39. The molecular weight excluding hydrogens is 322 g/mol. The molecule has 0 aliphatic rings.